The number of halogens is 1. The summed E-state index contributed by atoms with van der Waals surface area (Å²) in [5.41, 5.74) is 0. The van der Waals surface area contributed by atoms with Gasteiger partial charge in [-0.15, -0.1) is 0 Å². The fraction of sp³-hybridized carbons (Fsp3) is 0.800. The maximum atomic E-state index is 12.9. The first kappa shape index (κ1) is 13.1. The Kier molecular flexibility index (Phi) is 5.35. The van der Waals surface area contributed by atoms with Crippen LogP contribution in [-0.4, -0.2) is 24.0 Å². The molecule has 82 valence electrons. The molecule has 0 N–H and O–H groups in total. The molecule has 0 aromatic rings. The third-order valence-corrected chi connectivity index (χ3v) is 1.80. The molecule has 0 radical (unpaired) electrons. The number of esters is 1. The second-order valence-electron chi connectivity index (χ2n) is 3.49. The van der Waals surface area contributed by atoms with Crippen LogP contribution in [-0.2, 0) is 14.3 Å². The molecule has 2 atom stereocenters. The first-order chi connectivity index (χ1) is 6.40. The highest BCUT2D eigenvalue weighted by molar-refractivity contribution is 6.00. The van der Waals surface area contributed by atoms with E-state index in [1.165, 1.54) is 6.92 Å². The molecule has 0 aliphatic carbocycles. The average molecular weight is 204 g/mol. The van der Waals surface area contributed by atoms with Crippen LogP contribution in [0.25, 0.3) is 0 Å². The van der Waals surface area contributed by atoms with E-state index in [0.717, 1.165) is 0 Å². The monoisotopic (exact) mass is 204 g/mol. The van der Waals surface area contributed by atoms with Crippen LogP contribution in [0.1, 0.15) is 34.1 Å². The summed E-state index contributed by atoms with van der Waals surface area (Å²) >= 11 is 0. The second kappa shape index (κ2) is 5.73. The number of alkyl halides is 1. The predicted octanol–water partition coefficient (Wildman–Crippen LogP) is 1.89. The molecule has 0 aromatic heterocycles. The molecule has 0 rings (SSSR count). The Labute approximate surface area is 83.6 Å². The molecule has 0 bridgehead atoms. The van der Waals surface area contributed by atoms with E-state index in [0.29, 0.717) is 0 Å². The summed E-state index contributed by atoms with van der Waals surface area (Å²) in [5, 5.41) is 0. The maximum absolute atomic E-state index is 12.9. The van der Waals surface area contributed by atoms with E-state index in [1.54, 1.807) is 20.8 Å². The first-order valence-corrected chi connectivity index (χ1v) is 4.78. The van der Waals surface area contributed by atoms with Crippen molar-refractivity contribution in [3.05, 3.63) is 0 Å². The molecule has 3 nitrogen and oxygen atoms in total. The average Bonchev–Trinajstić information content (AvgIpc) is 2.13. The van der Waals surface area contributed by atoms with Crippen LogP contribution in [0, 0.1) is 5.92 Å². The molecule has 0 aromatic carbocycles. The lowest BCUT2D eigenvalue weighted by Gasteiger charge is -2.14. The quantitative estimate of drug-likeness (QED) is 0.507. The van der Waals surface area contributed by atoms with Gasteiger partial charge in [0.25, 0.3) is 0 Å². The van der Waals surface area contributed by atoms with Gasteiger partial charge < -0.3 is 4.74 Å². The van der Waals surface area contributed by atoms with Crippen LogP contribution in [0.2, 0.25) is 0 Å². The summed E-state index contributed by atoms with van der Waals surface area (Å²) in [6.45, 7) is 6.29. The van der Waals surface area contributed by atoms with E-state index in [1.807, 2.05) is 0 Å². The minimum Gasteiger partial charge on any atom is -0.462 e. The van der Waals surface area contributed by atoms with Crippen LogP contribution < -0.4 is 0 Å². The van der Waals surface area contributed by atoms with Crippen molar-refractivity contribution in [3.8, 4) is 0 Å². The number of hydrogen-bond donors (Lipinski definition) is 0. The molecule has 0 saturated heterocycles. The first-order valence-electron chi connectivity index (χ1n) is 4.78. The summed E-state index contributed by atoms with van der Waals surface area (Å²) in [7, 11) is 0. The van der Waals surface area contributed by atoms with Gasteiger partial charge in [-0.25, -0.2) is 4.39 Å². The maximum Gasteiger partial charge on any atom is 0.316 e. The van der Waals surface area contributed by atoms with Crippen LogP contribution in [0.3, 0.4) is 0 Å². The lowest BCUT2D eigenvalue weighted by Crippen LogP contribution is -2.31. The van der Waals surface area contributed by atoms with Gasteiger partial charge in [0.2, 0.25) is 0 Å². The normalized spacial score (nSPS) is 15.0. The minimum absolute atomic E-state index is 0.0954. The number of ketones is 1. The second-order valence-corrected chi connectivity index (χ2v) is 3.49. The molecule has 14 heavy (non-hydrogen) atoms. The Morgan fingerprint density at radius 3 is 2.14 bits per heavy atom. The largest absolute Gasteiger partial charge is 0.462 e. The highest BCUT2D eigenvalue weighted by atomic mass is 19.1. The number of ether oxygens (including phenoxy) is 1. The van der Waals surface area contributed by atoms with Gasteiger partial charge in [0.15, 0.2) is 12.0 Å². The standard InChI is InChI=1S/C10H17FO3/c1-5-8(11)9(12)7(4)10(13)14-6(2)3/h6-8H,5H2,1-4H3. The van der Waals surface area contributed by atoms with Gasteiger partial charge in [-0.05, 0) is 27.2 Å². The zero-order valence-electron chi connectivity index (χ0n) is 9.04. The van der Waals surface area contributed by atoms with Gasteiger partial charge in [-0.3, -0.25) is 9.59 Å². The van der Waals surface area contributed by atoms with Crippen molar-refractivity contribution in [3.63, 3.8) is 0 Å². The molecule has 0 saturated carbocycles. The van der Waals surface area contributed by atoms with Crippen molar-refractivity contribution < 1.29 is 18.7 Å². The molecule has 2 unspecified atom stereocenters. The Morgan fingerprint density at radius 1 is 1.29 bits per heavy atom. The number of rotatable bonds is 5. The van der Waals surface area contributed by atoms with Crippen molar-refractivity contribution in [1.29, 1.82) is 0 Å². The van der Waals surface area contributed by atoms with E-state index in [9.17, 15) is 14.0 Å². The van der Waals surface area contributed by atoms with E-state index in [4.69, 9.17) is 4.74 Å². The number of hydrogen-bond acceptors (Lipinski definition) is 3. The van der Waals surface area contributed by atoms with Gasteiger partial charge in [0.05, 0.1) is 6.10 Å². The van der Waals surface area contributed by atoms with E-state index < -0.39 is 23.8 Å². The smallest absolute Gasteiger partial charge is 0.316 e. The summed E-state index contributed by atoms with van der Waals surface area (Å²) < 4.78 is 17.7. The van der Waals surface area contributed by atoms with Crippen LogP contribution in [0.5, 0.6) is 0 Å². The molecule has 0 fully saturated rings. The van der Waals surface area contributed by atoms with Crippen molar-refractivity contribution >= 4 is 11.8 Å². The van der Waals surface area contributed by atoms with Gasteiger partial charge in [0, 0.05) is 0 Å². The van der Waals surface area contributed by atoms with Gasteiger partial charge in [0.1, 0.15) is 5.92 Å². The van der Waals surface area contributed by atoms with Gasteiger partial charge in [-0.1, -0.05) is 6.92 Å². The number of Topliss-reactive ketones (excluding diaryl/α,β-unsaturated/α-hetero) is 1. The van der Waals surface area contributed by atoms with Gasteiger partial charge >= 0.3 is 5.97 Å². The molecule has 0 aliphatic heterocycles. The topological polar surface area (TPSA) is 43.4 Å². The van der Waals surface area contributed by atoms with Crippen LogP contribution >= 0.6 is 0 Å². The number of carbonyl (C=O) groups excluding carboxylic acids is 2. The predicted molar refractivity (Wildman–Crippen MR) is 50.6 cm³/mol. The molecule has 0 aliphatic rings. The SMILES string of the molecule is CCC(F)C(=O)C(C)C(=O)OC(C)C. The van der Waals surface area contributed by atoms with E-state index >= 15 is 0 Å². The Bertz CT molecular complexity index is 213. The number of carbonyl (C=O) groups is 2. The van der Waals surface area contributed by atoms with E-state index in [-0.39, 0.29) is 12.5 Å². The molecular weight excluding hydrogens is 187 g/mol. The molecular formula is C10H17FO3. The fourth-order valence-electron chi connectivity index (χ4n) is 0.923. The third-order valence-electron chi connectivity index (χ3n) is 1.80. The zero-order chi connectivity index (χ0) is 11.3. The van der Waals surface area contributed by atoms with Crippen molar-refractivity contribution in [2.75, 3.05) is 0 Å². The van der Waals surface area contributed by atoms with Crippen LogP contribution in [0.4, 0.5) is 4.39 Å². The van der Waals surface area contributed by atoms with Crippen molar-refractivity contribution in [2.45, 2.75) is 46.4 Å². The third kappa shape index (κ3) is 3.85. The van der Waals surface area contributed by atoms with Crippen molar-refractivity contribution in [1.82, 2.24) is 0 Å². The van der Waals surface area contributed by atoms with E-state index in [2.05, 4.69) is 0 Å². The summed E-state index contributed by atoms with van der Waals surface area (Å²) in [4.78, 5) is 22.4. The Balaban J connectivity index is 4.24. The summed E-state index contributed by atoms with van der Waals surface area (Å²) in [5.74, 6) is -2.36. The highest BCUT2D eigenvalue weighted by Gasteiger charge is 2.29. The molecule has 0 spiro atoms. The summed E-state index contributed by atoms with van der Waals surface area (Å²) in [6.07, 6.45) is -1.75. The Hall–Kier alpha value is -0.930. The minimum atomic E-state index is -1.57. The van der Waals surface area contributed by atoms with Crippen molar-refractivity contribution in [2.24, 2.45) is 5.92 Å². The lowest BCUT2D eigenvalue weighted by molar-refractivity contribution is -0.155. The molecule has 0 heterocycles. The highest BCUT2D eigenvalue weighted by Crippen LogP contribution is 2.10. The zero-order valence-corrected chi connectivity index (χ0v) is 9.04. The lowest BCUT2D eigenvalue weighted by atomic mass is 10.0. The molecule has 0 amide bonds. The summed E-state index contributed by atoms with van der Waals surface area (Å²) in [6, 6.07) is 0. The molecule has 4 heteroatoms. The Morgan fingerprint density at radius 2 is 1.79 bits per heavy atom. The fourth-order valence-corrected chi connectivity index (χ4v) is 0.923. The van der Waals surface area contributed by atoms with Gasteiger partial charge in [-0.2, -0.15) is 0 Å². The van der Waals surface area contributed by atoms with Crippen LogP contribution in [0.15, 0.2) is 0 Å².